The zero-order chi connectivity index (χ0) is 14.1. The predicted octanol–water partition coefficient (Wildman–Crippen LogP) is 2.46. The fourth-order valence-corrected chi connectivity index (χ4v) is 2.47. The monoisotopic (exact) mass is 338 g/mol. The van der Waals surface area contributed by atoms with Gasteiger partial charge < -0.3 is 14.3 Å². The van der Waals surface area contributed by atoms with Crippen molar-refractivity contribution < 1.29 is 9.21 Å². The summed E-state index contributed by atoms with van der Waals surface area (Å²) in [6.07, 6.45) is 4.12. The van der Waals surface area contributed by atoms with Gasteiger partial charge in [0.05, 0.1) is 6.54 Å². The number of carbonyl (C=O) groups is 1. The summed E-state index contributed by atoms with van der Waals surface area (Å²) in [5.41, 5.74) is 0.612. The molecule has 1 aliphatic rings. The van der Waals surface area contributed by atoms with Crippen LogP contribution in [-0.4, -0.2) is 20.7 Å². The van der Waals surface area contributed by atoms with Gasteiger partial charge in [-0.1, -0.05) is 0 Å². The van der Waals surface area contributed by atoms with Crippen LogP contribution in [0.2, 0.25) is 0 Å². The Hall–Kier alpha value is -1.63. The molecule has 2 heterocycles. The molecule has 6 nitrogen and oxygen atoms in total. The van der Waals surface area contributed by atoms with E-state index < -0.39 is 0 Å². The Morgan fingerprint density at radius 3 is 3.05 bits per heavy atom. The summed E-state index contributed by atoms with van der Waals surface area (Å²) in [6.45, 7) is 2.98. The van der Waals surface area contributed by atoms with Gasteiger partial charge in [0.1, 0.15) is 5.69 Å². The standard InChI is InChI=1S/C13H15BrN4O2/c1-2-18-7-9(14)5-10(18)12(19)15-6-11-16-17-13(20-11)8-3-4-8/h5,7-8H,2-4,6H2,1H3,(H,15,19). The molecule has 106 valence electrons. The molecule has 1 saturated carbocycles. The van der Waals surface area contributed by atoms with Crippen LogP contribution in [0.15, 0.2) is 21.2 Å². The molecule has 0 bridgehead atoms. The van der Waals surface area contributed by atoms with Gasteiger partial charge in [-0.05, 0) is 41.8 Å². The minimum absolute atomic E-state index is 0.149. The molecule has 1 fully saturated rings. The van der Waals surface area contributed by atoms with E-state index in [9.17, 15) is 4.79 Å². The van der Waals surface area contributed by atoms with Crippen molar-refractivity contribution in [3.8, 4) is 0 Å². The number of nitrogens with zero attached hydrogens (tertiary/aromatic N) is 3. The second-order valence-corrected chi connectivity index (χ2v) is 5.74. The van der Waals surface area contributed by atoms with Gasteiger partial charge in [0, 0.05) is 23.1 Å². The van der Waals surface area contributed by atoms with E-state index in [-0.39, 0.29) is 12.5 Å². The number of hydrogen-bond donors (Lipinski definition) is 1. The highest BCUT2D eigenvalue weighted by molar-refractivity contribution is 9.10. The molecule has 0 aliphatic heterocycles. The van der Waals surface area contributed by atoms with E-state index >= 15 is 0 Å². The number of halogens is 1. The number of rotatable bonds is 5. The zero-order valence-electron chi connectivity index (χ0n) is 11.1. The van der Waals surface area contributed by atoms with Crippen molar-refractivity contribution in [2.45, 2.75) is 38.8 Å². The number of aromatic nitrogens is 3. The van der Waals surface area contributed by atoms with Gasteiger partial charge in [-0.15, -0.1) is 10.2 Å². The lowest BCUT2D eigenvalue weighted by molar-refractivity contribution is 0.0938. The van der Waals surface area contributed by atoms with Crippen molar-refractivity contribution >= 4 is 21.8 Å². The maximum atomic E-state index is 12.1. The van der Waals surface area contributed by atoms with Crippen LogP contribution in [0.1, 0.15) is 48.0 Å². The maximum Gasteiger partial charge on any atom is 0.268 e. The molecule has 0 unspecified atom stereocenters. The highest BCUT2D eigenvalue weighted by Crippen LogP contribution is 2.38. The van der Waals surface area contributed by atoms with Gasteiger partial charge in [-0.25, -0.2) is 0 Å². The smallest absolute Gasteiger partial charge is 0.268 e. The van der Waals surface area contributed by atoms with E-state index in [1.165, 1.54) is 0 Å². The van der Waals surface area contributed by atoms with E-state index in [1.807, 2.05) is 17.7 Å². The molecule has 0 radical (unpaired) electrons. The van der Waals surface area contributed by atoms with E-state index in [4.69, 9.17) is 4.42 Å². The van der Waals surface area contributed by atoms with Gasteiger partial charge in [-0.2, -0.15) is 0 Å². The molecule has 1 amide bonds. The molecule has 1 aliphatic carbocycles. The largest absolute Gasteiger partial charge is 0.423 e. The van der Waals surface area contributed by atoms with Crippen LogP contribution in [0.5, 0.6) is 0 Å². The highest BCUT2D eigenvalue weighted by Gasteiger charge is 2.29. The van der Waals surface area contributed by atoms with Crippen LogP contribution in [0, 0.1) is 0 Å². The Balaban J connectivity index is 1.63. The fraction of sp³-hybridized carbons (Fsp3) is 0.462. The molecule has 0 aromatic carbocycles. The van der Waals surface area contributed by atoms with Crippen molar-refractivity contribution in [3.63, 3.8) is 0 Å². The van der Waals surface area contributed by atoms with Crippen LogP contribution in [0.3, 0.4) is 0 Å². The third kappa shape index (κ3) is 2.77. The van der Waals surface area contributed by atoms with Crippen LogP contribution < -0.4 is 5.32 Å². The van der Waals surface area contributed by atoms with Gasteiger partial charge in [0.25, 0.3) is 5.91 Å². The number of aryl methyl sites for hydroxylation is 1. The van der Waals surface area contributed by atoms with E-state index in [0.717, 1.165) is 23.9 Å². The highest BCUT2D eigenvalue weighted by atomic mass is 79.9. The summed E-state index contributed by atoms with van der Waals surface area (Å²) < 4.78 is 8.27. The van der Waals surface area contributed by atoms with Crippen molar-refractivity contribution in [3.05, 3.63) is 34.2 Å². The molecule has 3 rings (SSSR count). The first-order valence-corrected chi connectivity index (χ1v) is 7.43. The second-order valence-electron chi connectivity index (χ2n) is 4.82. The van der Waals surface area contributed by atoms with E-state index in [0.29, 0.717) is 23.4 Å². The number of amides is 1. The Morgan fingerprint density at radius 2 is 2.35 bits per heavy atom. The average Bonchev–Trinajstić information content (AvgIpc) is 3.06. The van der Waals surface area contributed by atoms with Gasteiger partial charge >= 0.3 is 0 Å². The number of nitrogens with one attached hydrogen (secondary N) is 1. The lowest BCUT2D eigenvalue weighted by Crippen LogP contribution is -2.25. The van der Waals surface area contributed by atoms with Crippen molar-refractivity contribution in [2.75, 3.05) is 0 Å². The lowest BCUT2D eigenvalue weighted by Gasteiger charge is -2.05. The Morgan fingerprint density at radius 1 is 1.55 bits per heavy atom. The van der Waals surface area contributed by atoms with E-state index in [1.54, 1.807) is 6.07 Å². The lowest BCUT2D eigenvalue weighted by atomic mass is 10.4. The number of hydrogen-bond acceptors (Lipinski definition) is 4. The first-order chi connectivity index (χ1) is 9.67. The summed E-state index contributed by atoms with van der Waals surface area (Å²) in [7, 11) is 0. The summed E-state index contributed by atoms with van der Waals surface area (Å²) in [6, 6.07) is 1.79. The maximum absolute atomic E-state index is 12.1. The Kier molecular flexibility index (Phi) is 3.60. The van der Waals surface area contributed by atoms with Crippen molar-refractivity contribution in [1.82, 2.24) is 20.1 Å². The molecule has 0 spiro atoms. The van der Waals surface area contributed by atoms with Crippen molar-refractivity contribution in [2.24, 2.45) is 0 Å². The third-order valence-corrected chi connectivity index (χ3v) is 3.68. The Bertz CT molecular complexity index is 630. The van der Waals surface area contributed by atoms with Gasteiger partial charge in [0.15, 0.2) is 0 Å². The minimum atomic E-state index is -0.149. The van der Waals surface area contributed by atoms with Crippen LogP contribution in [-0.2, 0) is 13.1 Å². The fourth-order valence-electron chi connectivity index (χ4n) is 2.01. The molecule has 20 heavy (non-hydrogen) atoms. The molecular weight excluding hydrogens is 324 g/mol. The predicted molar refractivity (Wildman–Crippen MR) is 75.2 cm³/mol. The Labute approximate surface area is 124 Å². The van der Waals surface area contributed by atoms with Crippen LogP contribution in [0.25, 0.3) is 0 Å². The SMILES string of the molecule is CCn1cc(Br)cc1C(=O)NCc1nnc(C2CC2)o1. The van der Waals surface area contributed by atoms with E-state index in [2.05, 4.69) is 31.4 Å². The van der Waals surface area contributed by atoms with Crippen LogP contribution >= 0.6 is 15.9 Å². The van der Waals surface area contributed by atoms with Gasteiger partial charge in [-0.3, -0.25) is 4.79 Å². The summed E-state index contributed by atoms with van der Waals surface area (Å²) in [4.78, 5) is 12.1. The topological polar surface area (TPSA) is 73.0 Å². The molecule has 1 N–H and O–H groups in total. The average molecular weight is 339 g/mol. The molecule has 2 aromatic rings. The zero-order valence-corrected chi connectivity index (χ0v) is 12.7. The first-order valence-electron chi connectivity index (χ1n) is 6.63. The summed E-state index contributed by atoms with van der Waals surface area (Å²) in [5, 5.41) is 10.7. The minimum Gasteiger partial charge on any atom is -0.423 e. The molecule has 0 atom stereocenters. The molecular formula is C13H15BrN4O2. The summed E-state index contributed by atoms with van der Waals surface area (Å²) in [5.74, 6) is 1.42. The second kappa shape index (κ2) is 5.40. The quantitative estimate of drug-likeness (QED) is 0.908. The number of carbonyl (C=O) groups excluding carboxylic acids is 1. The third-order valence-electron chi connectivity index (χ3n) is 3.25. The molecule has 0 saturated heterocycles. The molecule has 7 heteroatoms. The summed E-state index contributed by atoms with van der Waals surface area (Å²) >= 11 is 3.37. The molecule has 2 aromatic heterocycles. The normalized spacial score (nSPS) is 14.5. The van der Waals surface area contributed by atoms with Crippen LogP contribution in [0.4, 0.5) is 0 Å². The van der Waals surface area contributed by atoms with Crippen molar-refractivity contribution in [1.29, 1.82) is 0 Å². The first kappa shape index (κ1) is 13.4. The van der Waals surface area contributed by atoms with Gasteiger partial charge in [0.2, 0.25) is 11.8 Å².